The van der Waals surface area contributed by atoms with Crippen LogP contribution < -0.4 is 10.6 Å². The second kappa shape index (κ2) is 5.46. The number of thiophene rings is 1. The van der Waals surface area contributed by atoms with Crippen LogP contribution in [0.2, 0.25) is 0 Å². The first kappa shape index (κ1) is 12.9. The highest BCUT2D eigenvalue weighted by atomic mass is 32.1. The smallest absolute Gasteiger partial charge is 0.226 e. The van der Waals surface area contributed by atoms with E-state index in [1.54, 1.807) is 16.0 Å². The molecule has 0 aliphatic carbocycles. The summed E-state index contributed by atoms with van der Waals surface area (Å²) < 4.78 is 1.75. The molecular formula is C13H16N6S. The molecule has 3 rings (SSSR count). The van der Waals surface area contributed by atoms with E-state index in [4.69, 9.17) is 0 Å². The molecule has 0 aromatic carbocycles. The maximum absolute atomic E-state index is 4.54. The Morgan fingerprint density at radius 2 is 2.20 bits per heavy atom. The van der Waals surface area contributed by atoms with Crippen molar-refractivity contribution in [2.45, 2.75) is 13.3 Å². The fraction of sp³-hybridized carbons (Fsp3) is 0.308. The molecule has 0 amide bonds. The number of fused-ring (bicyclic) bond motifs is 1. The summed E-state index contributed by atoms with van der Waals surface area (Å²) in [6.07, 6.45) is 2.93. The van der Waals surface area contributed by atoms with Crippen LogP contribution in [0.1, 0.15) is 13.3 Å². The molecule has 0 aliphatic heterocycles. The number of hydrogen-bond acceptors (Lipinski definition) is 6. The average Bonchev–Trinajstić information content (AvgIpc) is 3.05. The van der Waals surface area contributed by atoms with E-state index >= 15 is 0 Å². The van der Waals surface area contributed by atoms with Gasteiger partial charge in [-0.25, -0.2) is 4.98 Å². The number of aryl methyl sites for hydroxylation is 1. The van der Waals surface area contributed by atoms with Crippen molar-refractivity contribution in [1.82, 2.24) is 19.7 Å². The number of rotatable bonds is 5. The molecule has 0 saturated carbocycles. The van der Waals surface area contributed by atoms with Gasteiger partial charge in [-0.1, -0.05) is 6.92 Å². The van der Waals surface area contributed by atoms with Crippen LogP contribution in [0.4, 0.5) is 17.6 Å². The summed E-state index contributed by atoms with van der Waals surface area (Å²) in [5.41, 5.74) is 0. The molecule has 3 aromatic rings. The summed E-state index contributed by atoms with van der Waals surface area (Å²) in [5, 5.41) is 13.8. The third kappa shape index (κ3) is 2.57. The number of nitrogens with zero attached hydrogens (tertiary/aromatic N) is 4. The highest BCUT2D eigenvalue weighted by molar-refractivity contribution is 7.16. The van der Waals surface area contributed by atoms with Gasteiger partial charge in [-0.3, -0.25) is 4.68 Å². The minimum Gasteiger partial charge on any atom is -0.354 e. The zero-order chi connectivity index (χ0) is 13.9. The fourth-order valence-electron chi connectivity index (χ4n) is 1.87. The van der Waals surface area contributed by atoms with Gasteiger partial charge >= 0.3 is 0 Å². The van der Waals surface area contributed by atoms with Crippen molar-refractivity contribution in [2.75, 3.05) is 17.2 Å². The molecule has 0 bridgehead atoms. The van der Waals surface area contributed by atoms with Gasteiger partial charge in [-0.2, -0.15) is 10.1 Å². The molecule has 104 valence electrons. The molecule has 0 atom stereocenters. The molecule has 0 saturated heterocycles. The Kier molecular flexibility index (Phi) is 3.51. The van der Waals surface area contributed by atoms with Gasteiger partial charge in [0, 0.05) is 25.9 Å². The van der Waals surface area contributed by atoms with E-state index in [9.17, 15) is 0 Å². The molecule has 3 heterocycles. The number of hydrogen-bond donors (Lipinski definition) is 2. The van der Waals surface area contributed by atoms with Crippen LogP contribution >= 0.6 is 11.3 Å². The molecule has 20 heavy (non-hydrogen) atoms. The normalized spacial score (nSPS) is 10.9. The predicted molar refractivity (Wildman–Crippen MR) is 82.7 cm³/mol. The number of aromatic nitrogens is 4. The summed E-state index contributed by atoms with van der Waals surface area (Å²) in [4.78, 5) is 10.0. The van der Waals surface area contributed by atoms with Crippen molar-refractivity contribution >= 4 is 39.1 Å². The van der Waals surface area contributed by atoms with Gasteiger partial charge < -0.3 is 10.6 Å². The zero-order valence-corrected chi connectivity index (χ0v) is 12.2. The molecule has 7 heteroatoms. The lowest BCUT2D eigenvalue weighted by molar-refractivity contribution is 0.771. The Hall–Kier alpha value is -2.15. The SMILES string of the molecule is CCCNc1nc(Nc2ccn(C)n2)c2ccsc2n1. The van der Waals surface area contributed by atoms with Crippen molar-refractivity contribution in [3.05, 3.63) is 23.7 Å². The lowest BCUT2D eigenvalue weighted by Gasteiger charge is -2.07. The molecule has 0 aliphatic rings. The Morgan fingerprint density at radius 1 is 1.30 bits per heavy atom. The monoisotopic (exact) mass is 288 g/mol. The summed E-state index contributed by atoms with van der Waals surface area (Å²) in [6.45, 7) is 2.98. The summed E-state index contributed by atoms with van der Waals surface area (Å²) in [6, 6.07) is 3.94. The van der Waals surface area contributed by atoms with Crippen LogP contribution in [0.25, 0.3) is 10.2 Å². The summed E-state index contributed by atoms with van der Waals surface area (Å²) in [7, 11) is 1.89. The van der Waals surface area contributed by atoms with E-state index < -0.39 is 0 Å². The largest absolute Gasteiger partial charge is 0.354 e. The minimum atomic E-state index is 0.653. The van der Waals surface area contributed by atoms with Crippen LogP contribution in [0.3, 0.4) is 0 Å². The molecule has 0 radical (unpaired) electrons. The van der Waals surface area contributed by atoms with Gasteiger partial charge in [0.15, 0.2) is 5.82 Å². The van der Waals surface area contributed by atoms with E-state index in [0.29, 0.717) is 5.95 Å². The van der Waals surface area contributed by atoms with E-state index in [1.807, 2.05) is 30.8 Å². The van der Waals surface area contributed by atoms with Crippen LogP contribution in [-0.4, -0.2) is 26.3 Å². The highest BCUT2D eigenvalue weighted by Gasteiger charge is 2.09. The van der Waals surface area contributed by atoms with E-state index in [1.165, 1.54) is 0 Å². The lowest BCUT2D eigenvalue weighted by Crippen LogP contribution is -2.06. The van der Waals surface area contributed by atoms with Crippen molar-refractivity contribution in [2.24, 2.45) is 7.05 Å². The first-order valence-corrected chi connectivity index (χ1v) is 7.40. The Morgan fingerprint density at radius 3 is 2.95 bits per heavy atom. The summed E-state index contributed by atoms with van der Waals surface area (Å²) in [5.74, 6) is 2.22. The Balaban J connectivity index is 1.96. The maximum Gasteiger partial charge on any atom is 0.226 e. The van der Waals surface area contributed by atoms with Gasteiger partial charge in [0.25, 0.3) is 0 Å². The Bertz CT molecular complexity index is 717. The summed E-state index contributed by atoms with van der Waals surface area (Å²) >= 11 is 1.61. The predicted octanol–water partition coefficient (Wildman–Crippen LogP) is 2.99. The van der Waals surface area contributed by atoms with E-state index in [2.05, 4.69) is 32.6 Å². The average molecular weight is 288 g/mol. The topological polar surface area (TPSA) is 67.7 Å². The van der Waals surface area contributed by atoms with Gasteiger partial charge in [0.05, 0.1) is 5.39 Å². The van der Waals surface area contributed by atoms with Crippen molar-refractivity contribution < 1.29 is 0 Å². The molecule has 0 fully saturated rings. The van der Waals surface area contributed by atoms with Gasteiger partial charge in [0.2, 0.25) is 5.95 Å². The number of nitrogens with one attached hydrogen (secondary N) is 2. The van der Waals surface area contributed by atoms with E-state index in [0.717, 1.165) is 34.8 Å². The van der Waals surface area contributed by atoms with Gasteiger partial charge in [0.1, 0.15) is 10.6 Å². The second-order valence-corrected chi connectivity index (χ2v) is 5.36. The van der Waals surface area contributed by atoms with Crippen molar-refractivity contribution in [3.63, 3.8) is 0 Å². The van der Waals surface area contributed by atoms with Crippen LogP contribution in [0, 0.1) is 0 Å². The lowest BCUT2D eigenvalue weighted by atomic mass is 10.4. The second-order valence-electron chi connectivity index (χ2n) is 4.46. The third-order valence-corrected chi connectivity index (χ3v) is 3.62. The molecule has 2 N–H and O–H groups in total. The van der Waals surface area contributed by atoms with Gasteiger partial charge in [-0.05, 0) is 17.9 Å². The van der Waals surface area contributed by atoms with Crippen molar-refractivity contribution in [3.8, 4) is 0 Å². The Labute approximate surface area is 120 Å². The molecule has 6 nitrogen and oxygen atoms in total. The maximum atomic E-state index is 4.54. The quantitative estimate of drug-likeness (QED) is 0.755. The van der Waals surface area contributed by atoms with Crippen LogP contribution in [-0.2, 0) is 7.05 Å². The first-order valence-electron chi connectivity index (χ1n) is 6.52. The van der Waals surface area contributed by atoms with Crippen LogP contribution in [0.5, 0.6) is 0 Å². The molecule has 3 aromatic heterocycles. The first-order chi connectivity index (χ1) is 9.76. The fourth-order valence-corrected chi connectivity index (χ4v) is 2.63. The standard InChI is InChI=1S/C13H16N6S/c1-3-6-14-13-16-11(9-5-8-20-12(9)17-13)15-10-4-7-19(2)18-10/h4-5,7-8H,3,6H2,1-2H3,(H2,14,15,16,17,18). The third-order valence-electron chi connectivity index (χ3n) is 2.82. The zero-order valence-electron chi connectivity index (χ0n) is 11.4. The van der Waals surface area contributed by atoms with Crippen molar-refractivity contribution in [1.29, 1.82) is 0 Å². The van der Waals surface area contributed by atoms with E-state index in [-0.39, 0.29) is 0 Å². The molecule has 0 spiro atoms. The minimum absolute atomic E-state index is 0.653. The van der Waals surface area contributed by atoms with Crippen LogP contribution in [0.15, 0.2) is 23.7 Å². The molecular weight excluding hydrogens is 272 g/mol. The molecule has 0 unspecified atom stereocenters. The number of anilines is 3. The van der Waals surface area contributed by atoms with Gasteiger partial charge in [-0.15, -0.1) is 11.3 Å². The highest BCUT2D eigenvalue weighted by Crippen LogP contribution is 2.28.